The molecule has 2 rings (SSSR count). The van der Waals surface area contributed by atoms with Gasteiger partial charge in [-0.25, -0.2) is 4.79 Å². The summed E-state index contributed by atoms with van der Waals surface area (Å²) in [7, 11) is 2.91. The molecule has 1 atom stereocenters. The molecule has 0 aromatic heterocycles. The van der Waals surface area contributed by atoms with E-state index in [1.54, 1.807) is 18.2 Å². The topological polar surface area (TPSA) is 73.9 Å². The summed E-state index contributed by atoms with van der Waals surface area (Å²) < 4.78 is 15.6. The molecule has 0 saturated carbocycles. The quantitative estimate of drug-likeness (QED) is 0.647. The van der Waals surface area contributed by atoms with Crippen LogP contribution < -0.4 is 14.8 Å². The molecule has 2 aromatic rings. The van der Waals surface area contributed by atoms with Crippen LogP contribution in [0.2, 0.25) is 0 Å². The number of rotatable bonds is 9. The highest BCUT2D eigenvalue weighted by atomic mass is 16.5. The van der Waals surface area contributed by atoms with Crippen LogP contribution in [0.4, 0.5) is 0 Å². The molecule has 6 heteroatoms. The maximum absolute atomic E-state index is 12.5. The molecule has 0 radical (unpaired) electrons. The molecule has 0 aliphatic rings. The molecule has 2 aromatic carbocycles. The predicted molar refractivity (Wildman–Crippen MR) is 111 cm³/mol. The van der Waals surface area contributed by atoms with Crippen LogP contribution in [0.15, 0.2) is 42.5 Å². The van der Waals surface area contributed by atoms with Crippen LogP contribution in [0.1, 0.15) is 48.3 Å². The van der Waals surface area contributed by atoms with E-state index in [-0.39, 0.29) is 23.4 Å². The molecule has 0 fully saturated rings. The fourth-order valence-corrected chi connectivity index (χ4v) is 3.07. The highest BCUT2D eigenvalue weighted by Crippen LogP contribution is 2.29. The fourth-order valence-electron chi connectivity index (χ4n) is 3.07. The Morgan fingerprint density at radius 3 is 2.03 bits per heavy atom. The van der Waals surface area contributed by atoms with Crippen molar-refractivity contribution < 1.29 is 23.8 Å². The van der Waals surface area contributed by atoms with Crippen molar-refractivity contribution in [3.05, 3.63) is 59.2 Å². The van der Waals surface area contributed by atoms with Gasteiger partial charge in [-0.15, -0.1) is 0 Å². The molecule has 0 bridgehead atoms. The largest absolute Gasteiger partial charge is 0.496 e. The van der Waals surface area contributed by atoms with Gasteiger partial charge in [-0.2, -0.15) is 0 Å². The van der Waals surface area contributed by atoms with Crippen LogP contribution in [0.5, 0.6) is 11.5 Å². The van der Waals surface area contributed by atoms with E-state index in [0.717, 1.165) is 12.0 Å². The third-order valence-corrected chi connectivity index (χ3v) is 4.70. The van der Waals surface area contributed by atoms with Gasteiger partial charge < -0.3 is 19.5 Å². The van der Waals surface area contributed by atoms with Crippen molar-refractivity contribution in [2.75, 3.05) is 20.8 Å². The molecule has 0 aliphatic heterocycles. The average Bonchev–Trinajstić information content (AvgIpc) is 2.74. The first-order chi connectivity index (χ1) is 13.9. The summed E-state index contributed by atoms with van der Waals surface area (Å²) in [6.45, 7) is 5.77. The molecule has 6 nitrogen and oxygen atoms in total. The minimum Gasteiger partial charge on any atom is -0.496 e. The maximum atomic E-state index is 12.5. The van der Waals surface area contributed by atoms with Crippen molar-refractivity contribution in [3.8, 4) is 11.5 Å². The van der Waals surface area contributed by atoms with E-state index in [4.69, 9.17) is 14.2 Å². The highest BCUT2D eigenvalue weighted by Gasteiger charge is 2.22. The first-order valence-corrected chi connectivity index (χ1v) is 9.67. The Bertz CT molecular complexity index is 807. The number of methoxy groups -OCH3 is 2. The molecule has 1 amide bonds. The number of ether oxygens (including phenoxy) is 3. The second kappa shape index (κ2) is 10.5. The number of hydrogen-bond donors (Lipinski definition) is 1. The lowest BCUT2D eigenvalue weighted by atomic mass is 9.95. The van der Waals surface area contributed by atoms with Crippen LogP contribution in [0.3, 0.4) is 0 Å². The highest BCUT2D eigenvalue weighted by molar-refractivity contribution is 5.96. The van der Waals surface area contributed by atoms with Crippen molar-refractivity contribution in [1.82, 2.24) is 5.32 Å². The molecule has 156 valence electrons. The lowest BCUT2D eigenvalue weighted by Gasteiger charge is -2.23. The summed E-state index contributed by atoms with van der Waals surface area (Å²) in [5.74, 6) is -0.221. The summed E-state index contributed by atoms with van der Waals surface area (Å²) in [4.78, 5) is 25.0. The number of carbonyl (C=O) groups is 2. The molecule has 0 unspecified atom stereocenters. The molecule has 0 aliphatic carbocycles. The van der Waals surface area contributed by atoms with Crippen molar-refractivity contribution in [3.63, 3.8) is 0 Å². The maximum Gasteiger partial charge on any atom is 0.346 e. The standard InChI is InChI=1S/C23H29NO5/c1-6-16-10-12-17(13-11-16)22(15(2)3)24-20(25)14-29-23(26)21-18(27-4)8-7-9-19(21)28-5/h7-13,15,22H,6,14H2,1-5H3,(H,24,25)/t22-/m0/s1. The Morgan fingerprint density at radius 2 is 1.55 bits per heavy atom. The monoisotopic (exact) mass is 399 g/mol. The second-order valence-corrected chi connectivity index (χ2v) is 7.00. The molecular weight excluding hydrogens is 370 g/mol. The molecular formula is C23H29NO5. The van der Waals surface area contributed by atoms with Gasteiger partial charge in [0.2, 0.25) is 0 Å². The smallest absolute Gasteiger partial charge is 0.346 e. The van der Waals surface area contributed by atoms with E-state index in [2.05, 4.69) is 24.4 Å². The van der Waals surface area contributed by atoms with E-state index in [1.165, 1.54) is 19.8 Å². The minimum absolute atomic E-state index is 0.154. The van der Waals surface area contributed by atoms with Gasteiger partial charge >= 0.3 is 5.97 Å². The van der Waals surface area contributed by atoms with E-state index in [1.807, 2.05) is 26.0 Å². The number of carbonyl (C=O) groups excluding carboxylic acids is 2. The van der Waals surface area contributed by atoms with Gasteiger partial charge in [0.1, 0.15) is 17.1 Å². The summed E-state index contributed by atoms with van der Waals surface area (Å²) in [6.07, 6.45) is 0.960. The van der Waals surface area contributed by atoms with Crippen molar-refractivity contribution >= 4 is 11.9 Å². The van der Waals surface area contributed by atoms with Crippen LogP contribution >= 0.6 is 0 Å². The first kappa shape index (κ1) is 22.3. The van der Waals surface area contributed by atoms with Crippen LogP contribution in [0, 0.1) is 5.92 Å². The molecule has 0 spiro atoms. The van der Waals surface area contributed by atoms with Gasteiger partial charge in [0.15, 0.2) is 6.61 Å². The third-order valence-electron chi connectivity index (χ3n) is 4.70. The molecule has 1 N–H and O–H groups in total. The summed E-state index contributed by atoms with van der Waals surface area (Å²) >= 11 is 0. The van der Waals surface area contributed by atoms with Crippen LogP contribution in [-0.4, -0.2) is 32.7 Å². The SMILES string of the molecule is CCc1ccc([C@@H](NC(=O)COC(=O)c2c(OC)cccc2OC)C(C)C)cc1. The van der Waals surface area contributed by atoms with Crippen LogP contribution in [0.25, 0.3) is 0 Å². The van der Waals surface area contributed by atoms with E-state index in [9.17, 15) is 9.59 Å². The summed E-state index contributed by atoms with van der Waals surface area (Å²) in [6, 6.07) is 13.0. The Kier molecular flexibility index (Phi) is 8.07. The Hall–Kier alpha value is -3.02. The third kappa shape index (κ3) is 5.73. The number of amides is 1. The first-order valence-electron chi connectivity index (χ1n) is 9.67. The lowest BCUT2D eigenvalue weighted by molar-refractivity contribution is -0.125. The van der Waals surface area contributed by atoms with Gasteiger partial charge in [0.25, 0.3) is 5.91 Å². The van der Waals surface area contributed by atoms with E-state index >= 15 is 0 Å². The minimum atomic E-state index is -0.678. The number of esters is 1. The van der Waals surface area contributed by atoms with E-state index in [0.29, 0.717) is 11.5 Å². The van der Waals surface area contributed by atoms with Crippen molar-refractivity contribution in [2.24, 2.45) is 5.92 Å². The predicted octanol–water partition coefficient (Wildman–Crippen LogP) is 3.94. The zero-order valence-corrected chi connectivity index (χ0v) is 17.7. The zero-order chi connectivity index (χ0) is 21.4. The van der Waals surface area contributed by atoms with Gasteiger partial charge in [0, 0.05) is 0 Å². The summed E-state index contributed by atoms with van der Waals surface area (Å²) in [5.41, 5.74) is 2.41. The average molecular weight is 399 g/mol. The van der Waals surface area contributed by atoms with Gasteiger partial charge in [0.05, 0.1) is 20.3 Å². The molecule has 0 heterocycles. The summed E-state index contributed by atoms with van der Waals surface area (Å²) in [5, 5.41) is 2.96. The van der Waals surface area contributed by atoms with Gasteiger partial charge in [-0.05, 0) is 35.6 Å². The Labute approximate surface area is 172 Å². The lowest BCUT2D eigenvalue weighted by Crippen LogP contribution is -2.35. The number of benzene rings is 2. The van der Waals surface area contributed by atoms with Crippen LogP contribution in [-0.2, 0) is 16.0 Å². The Morgan fingerprint density at radius 1 is 0.966 bits per heavy atom. The number of hydrogen-bond acceptors (Lipinski definition) is 5. The normalized spacial score (nSPS) is 11.7. The van der Waals surface area contributed by atoms with E-state index < -0.39 is 12.6 Å². The zero-order valence-electron chi connectivity index (χ0n) is 17.7. The molecule has 0 saturated heterocycles. The van der Waals surface area contributed by atoms with Gasteiger partial charge in [-0.1, -0.05) is 51.1 Å². The Balaban J connectivity index is 2.05. The van der Waals surface area contributed by atoms with Crippen molar-refractivity contribution in [1.29, 1.82) is 0 Å². The molecule has 29 heavy (non-hydrogen) atoms. The van der Waals surface area contributed by atoms with Crippen molar-refractivity contribution in [2.45, 2.75) is 33.2 Å². The fraction of sp³-hybridized carbons (Fsp3) is 0.391. The number of nitrogens with one attached hydrogen (secondary N) is 1. The van der Waals surface area contributed by atoms with Gasteiger partial charge in [-0.3, -0.25) is 4.79 Å². The second-order valence-electron chi connectivity index (χ2n) is 7.00. The number of aryl methyl sites for hydroxylation is 1.